The molecule has 0 aromatic rings. The van der Waals surface area contributed by atoms with Gasteiger partial charge >= 0.3 is 6.03 Å². The average Bonchev–Trinajstić information content (AvgIpc) is 3.28. The molecule has 3 fully saturated rings. The maximum absolute atomic E-state index is 14.2. The molecule has 3 aliphatic rings. The fraction of sp³-hybridized carbons (Fsp3) is 0.788. The Labute approximate surface area is 280 Å². The Balaban J connectivity index is 1.86. The van der Waals surface area contributed by atoms with Gasteiger partial charge in [0.2, 0.25) is 27.6 Å². The SMILES string of the molecule is C=CCNC(=O)C(=O)[C@@H]1CCCCCCCC[C@H](NC(=O)N[C@H](CN(C)S(C)(=O)=O)C(C)(C)C)C(=O)N2C[C@H]3[C@@H]([C@H]2C(=O)N1)C3(C)C. The first-order valence-corrected chi connectivity index (χ1v) is 18.7. The highest BCUT2D eigenvalue weighted by atomic mass is 32.2. The van der Waals surface area contributed by atoms with E-state index in [1.54, 1.807) is 4.90 Å². The summed E-state index contributed by atoms with van der Waals surface area (Å²) >= 11 is 0. The fourth-order valence-electron chi connectivity index (χ4n) is 6.90. The van der Waals surface area contributed by atoms with Crippen molar-refractivity contribution in [1.29, 1.82) is 0 Å². The maximum atomic E-state index is 14.2. The van der Waals surface area contributed by atoms with Crippen molar-refractivity contribution in [3.8, 4) is 0 Å². The third-order valence-electron chi connectivity index (χ3n) is 10.2. The Hall–Kier alpha value is -3.00. The minimum absolute atomic E-state index is 0.0483. The molecule has 14 heteroatoms. The lowest BCUT2D eigenvalue weighted by Crippen LogP contribution is -2.60. The first kappa shape index (κ1) is 38.4. The zero-order chi connectivity index (χ0) is 35.3. The Morgan fingerprint density at radius 2 is 1.68 bits per heavy atom. The molecule has 13 nitrogen and oxygen atoms in total. The predicted octanol–water partition coefficient (Wildman–Crippen LogP) is 1.93. The number of nitrogens with one attached hydrogen (secondary N) is 4. The number of urea groups is 1. The van der Waals surface area contributed by atoms with Gasteiger partial charge in [0, 0.05) is 32.7 Å². The molecule has 5 amide bonds. The number of rotatable bonds is 9. The second kappa shape index (κ2) is 15.5. The van der Waals surface area contributed by atoms with E-state index < -0.39 is 63.2 Å². The molecular formula is C33H56N6O7S. The van der Waals surface area contributed by atoms with Gasteiger partial charge < -0.3 is 26.2 Å². The number of likely N-dealkylation sites (N-methyl/N-ethyl adjacent to an activating group) is 1. The molecule has 2 saturated heterocycles. The van der Waals surface area contributed by atoms with Crippen molar-refractivity contribution in [2.45, 2.75) is 110 Å². The van der Waals surface area contributed by atoms with Gasteiger partial charge in [-0.15, -0.1) is 6.58 Å². The number of nitrogens with zero attached hydrogens (tertiary/aromatic N) is 2. The quantitative estimate of drug-likeness (QED) is 0.213. The van der Waals surface area contributed by atoms with Gasteiger partial charge in [-0.3, -0.25) is 19.2 Å². The van der Waals surface area contributed by atoms with Crippen molar-refractivity contribution in [2.75, 3.05) is 32.9 Å². The van der Waals surface area contributed by atoms with Gasteiger partial charge in [0.15, 0.2) is 0 Å². The van der Waals surface area contributed by atoms with E-state index in [0.29, 0.717) is 32.2 Å². The van der Waals surface area contributed by atoms with E-state index in [9.17, 15) is 32.4 Å². The standard InChI is InChI=1S/C33H56N6O7S/c1-9-18-34-29(42)27(40)22-16-14-12-10-11-13-15-17-23(30(43)39-19-21-25(33(21,5)6)26(39)28(41)35-22)36-31(44)37-24(32(2,3)4)20-38(7)47(8,45)46/h9,21-26H,1,10-20H2,2-8H3,(H,34,42)(H,35,41)(H2,36,37,44)/t21-,22-,23-,24+,25-,26-/m0/s1. The molecule has 1 saturated carbocycles. The van der Waals surface area contributed by atoms with Crippen LogP contribution in [-0.4, -0.2) is 104 Å². The number of amides is 5. The van der Waals surface area contributed by atoms with Crippen LogP contribution in [0.15, 0.2) is 12.7 Å². The van der Waals surface area contributed by atoms with E-state index in [-0.39, 0.29) is 36.2 Å². The highest BCUT2D eigenvalue weighted by Crippen LogP contribution is 2.65. The van der Waals surface area contributed by atoms with Crippen LogP contribution in [0, 0.1) is 22.7 Å². The van der Waals surface area contributed by atoms with Gasteiger partial charge in [-0.1, -0.05) is 79.2 Å². The summed E-state index contributed by atoms with van der Waals surface area (Å²) < 4.78 is 25.4. The van der Waals surface area contributed by atoms with E-state index in [1.165, 1.54) is 17.4 Å². The van der Waals surface area contributed by atoms with Crippen LogP contribution >= 0.6 is 0 Å². The van der Waals surface area contributed by atoms with Gasteiger partial charge in [-0.2, -0.15) is 0 Å². The van der Waals surface area contributed by atoms with Crippen molar-refractivity contribution < 1.29 is 32.4 Å². The maximum Gasteiger partial charge on any atom is 0.315 e. The van der Waals surface area contributed by atoms with Crippen molar-refractivity contribution in [2.24, 2.45) is 22.7 Å². The van der Waals surface area contributed by atoms with Crippen molar-refractivity contribution in [3.63, 3.8) is 0 Å². The summed E-state index contributed by atoms with van der Waals surface area (Å²) in [6.07, 6.45) is 8.05. The number of hydrogen-bond donors (Lipinski definition) is 4. The zero-order valence-corrected chi connectivity index (χ0v) is 30.0. The molecule has 47 heavy (non-hydrogen) atoms. The summed E-state index contributed by atoms with van der Waals surface area (Å²) in [5.74, 6) is -2.40. The summed E-state index contributed by atoms with van der Waals surface area (Å²) in [7, 11) is -2.04. The lowest BCUT2D eigenvalue weighted by molar-refractivity contribution is -0.144. The second-order valence-corrected chi connectivity index (χ2v) is 17.2. The van der Waals surface area contributed by atoms with Gasteiger partial charge in [0.1, 0.15) is 12.1 Å². The lowest BCUT2D eigenvalue weighted by Gasteiger charge is -2.36. The summed E-state index contributed by atoms with van der Waals surface area (Å²) in [5.41, 5.74) is -0.683. The Morgan fingerprint density at radius 3 is 2.26 bits per heavy atom. The van der Waals surface area contributed by atoms with Crippen LogP contribution < -0.4 is 21.3 Å². The number of ketones is 1. The number of sulfonamides is 1. The molecule has 6 atom stereocenters. The predicted molar refractivity (Wildman–Crippen MR) is 180 cm³/mol. The molecule has 0 bridgehead atoms. The Morgan fingerprint density at radius 1 is 1.09 bits per heavy atom. The van der Waals surface area contributed by atoms with E-state index in [1.807, 2.05) is 20.8 Å². The topological polar surface area (TPSA) is 174 Å². The third-order valence-corrected chi connectivity index (χ3v) is 11.5. The van der Waals surface area contributed by atoms with Crippen molar-refractivity contribution in [1.82, 2.24) is 30.5 Å². The molecule has 0 radical (unpaired) electrons. The minimum Gasteiger partial charge on any atom is -0.346 e. The second-order valence-electron chi connectivity index (χ2n) is 15.1. The molecule has 2 aliphatic heterocycles. The average molecular weight is 681 g/mol. The largest absolute Gasteiger partial charge is 0.346 e. The van der Waals surface area contributed by atoms with Gasteiger partial charge in [-0.25, -0.2) is 17.5 Å². The van der Waals surface area contributed by atoms with E-state index in [2.05, 4.69) is 41.7 Å². The third kappa shape index (κ3) is 9.77. The first-order chi connectivity index (χ1) is 21.8. The van der Waals surface area contributed by atoms with Gasteiger partial charge in [-0.05, 0) is 35.5 Å². The summed E-state index contributed by atoms with van der Waals surface area (Å²) in [5, 5.41) is 11.1. The van der Waals surface area contributed by atoms with Crippen LogP contribution in [0.25, 0.3) is 0 Å². The summed E-state index contributed by atoms with van der Waals surface area (Å²) in [4.78, 5) is 68.9. The summed E-state index contributed by atoms with van der Waals surface area (Å²) in [6.45, 7) is 13.9. The van der Waals surface area contributed by atoms with E-state index >= 15 is 0 Å². The number of hydrogen-bond acceptors (Lipinski definition) is 7. The molecule has 0 spiro atoms. The van der Waals surface area contributed by atoms with Crippen LogP contribution in [0.4, 0.5) is 4.79 Å². The number of Topliss-reactive ketones (excluding diaryl/α,β-unsaturated/α-hetero) is 1. The van der Waals surface area contributed by atoms with Crippen molar-refractivity contribution in [3.05, 3.63) is 12.7 Å². The van der Waals surface area contributed by atoms with Crippen molar-refractivity contribution >= 4 is 39.6 Å². The molecule has 266 valence electrons. The number of piperidine rings is 1. The van der Waals surface area contributed by atoms with E-state index in [0.717, 1.165) is 31.9 Å². The molecular weight excluding hydrogens is 624 g/mol. The van der Waals surface area contributed by atoms with Crippen LogP contribution in [0.5, 0.6) is 0 Å². The monoisotopic (exact) mass is 680 g/mol. The molecule has 0 aromatic heterocycles. The zero-order valence-electron chi connectivity index (χ0n) is 29.2. The minimum atomic E-state index is -3.49. The first-order valence-electron chi connectivity index (χ1n) is 16.8. The smallest absolute Gasteiger partial charge is 0.315 e. The summed E-state index contributed by atoms with van der Waals surface area (Å²) in [6, 6.07) is -3.93. The number of carbonyl (C=O) groups excluding carboxylic acids is 5. The van der Waals surface area contributed by atoms with Crippen LogP contribution in [0.1, 0.15) is 86.0 Å². The molecule has 3 rings (SSSR count). The Bertz CT molecular complexity index is 1310. The number of carbonyl (C=O) groups is 5. The molecule has 0 unspecified atom stereocenters. The number of fused-ring (bicyclic) bond motifs is 3. The van der Waals surface area contributed by atoms with Crippen LogP contribution in [-0.2, 0) is 29.2 Å². The highest BCUT2D eigenvalue weighted by molar-refractivity contribution is 7.88. The Kier molecular flexibility index (Phi) is 12.7. The highest BCUT2D eigenvalue weighted by Gasteiger charge is 2.69. The molecule has 2 heterocycles. The molecule has 0 aromatic carbocycles. The molecule has 1 aliphatic carbocycles. The van der Waals surface area contributed by atoms with Crippen LogP contribution in [0.2, 0.25) is 0 Å². The fourth-order valence-corrected chi connectivity index (χ4v) is 7.32. The van der Waals surface area contributed by atoms with Gasteiger partial charge in [0.05, 0.1) is 12.3 Å². The van der Waals surface area contributed by atoms with Crippen LogP contribution in [0.3, 0.4) is 0 Å². The van der Waals surface area contributed by atoms with E-state index in [4.69, 9.17) is 0 Å². The lowest BCUT2D eigenvalue weighted by atomic mass is 9.86. The van der Waals surface area contributed by atoms with Gasteiger partial charge in [0.25, 0.3) is 5.91 Å². The normalized spacial score (nSPS) is 27.7. The molecule has 4 N–H and O–H groups in total.